The average molecular weight is 437 g/mol. The molecule has 0 radical (unpaired) electrons. The molecule has 1 saturated heterocycles. The van der Waals surface area contributed by atoms with Gasteiger partial charge in [-0.1, -0.05) is 29.8 Å². The quantitative estimate of drug-likeness (QED) is 0.776. The lowest BCUT2D eigenvalue weighted by molar-refractivity contribution is -0.123. The summed E-state index contributed by atoms with van der Waals surface area (Å²) in [5.41, 5.74) is 1.34. The molecule has 0 unspecified atom stereocenters. The fraction of sp³-hybridized carbons (Fsp3) is 0.350. The molecule has 156 valence electrons. The van der Waals surface area contributed by atoms with E-state index < -0.39 is 31.4 Å². The number of carbonyl (C=O) groups is 1. The smallest absolute Gasteiger partial charge is 0.247 e. The van der Waals surface area contributed by atoms with E-state index in [1.165, 1.54) is 18.2 Å². The number of hydrogen-bond donors (Lipinski definition) is 1. The number of nitrogens with one attached hydrogen (secondary N) is 1. The standard InChI is InChI=1S/C20H24N2O5S2/c1-14-6-5-7-16(10-14)12-21-29(26,27)18-9-8-17(11-15(18)2)22-19(23)20(3,4)13-28(22,24)25/h5-11,21H,12-13H2,1-4H3. The number of aryl methyl sites for hydroxylation is 2. The summed E-state index contributed by atoms with van der Waals surface area (Å²) in [6.07, 6.45) is 0. The first-order chi connectivity index (χ1) is 13.3. The van der Waals surface area contributed by atoms with E-state index in [0.717, 1.165) is 15.4 Å². The number of sulfonamides is 2. The molecule has 29 heavy (non-hydrogen) atoms. The van der Waals surface area contributed by atoms with Crippen molar-refractivity contribution >= 4 is 31.6 Å². The Morgan fingerprint density at radius 1 is 1.10 bits per heavy atom. The first-order valence-corrected chi connectivity index (χ1v) is 12.2. The zero-order chi connectivity index (χ0) is 21.6. The Bertz CT molecular complexity index is 1190. The Labute approximate surface area is 171 Å². The Morgan fingerprint density at radius 3 is 2.34 bits per heavy atom. The summed E-state index contributed by atoms with van der Waals surface area (Å²) in [7, 11) is -7.60. The van der Waals surface area contributed by atoms with E-state index in [1.807, 2.05) is 31.2 Å². The van der Waals surface area contributed by atoms with E-state index >= 15 is 0 Å². The van der Waals surface area contributed by atoms with Crippen molar-refractivity contribution in [3.05, 3.63) is 59.2 Å². The van der Waals surface area contributed by atoms with Crippen LogP contribution in [-0.4, -0.2) is 28.5 Å². The Morgan fingerprint density at radius 2 is 1.79 bits per heavy atom. The molecule has 0 saturated carbocycles. The summed E-state index contributed by atoms with van der Waals surface area (Å²) < 4.78 is 53.7. The summed E-state index contributed by atoms with van der Waals surface area (Å²) in [6.45, 7) is 6.79. The number of amides is 1. The van der Waals surface area contributed by atoms with E-state index in [2.05, 4.69) is 4.72 Å². The molecule has 0 aliphatic carbocycles. The highest BCUT2D eigenvalue weighted by molar-refractivity contribution is 7.94. The number of nitrogens with zero attached hydrogens (tertiary/aromatic N) is 1. The van der Waals surface area contributed by atoms with E-state index in [1.54, 1.807) is 20.8 Å². The van der Waals surface area contributed by atoms with Crippen molar-refractivity contribution in [1.82, 2.24) is 4.72 Å². The van der Waals surface area contributed by atoms with Gasteiger partial charge in [0.25, 0.3) is 0 Å². The van der Waals surface area contributed by atoms with Crippen LogP contribution < -0.4 is 9.03 Å². The lowest BCUT2D eigenvalue weighted by atomic mass is 9.95. The lowest BCUT2D eigenvalue weighted by Gasteiger charge is -2.19. The molecule has 9 heteroatoms. The van der Waals surface area contributed by atoms with Gasteiger partial charge < -0.3 is 0 Å². The van der Waals surface area contributed by atoms with Crippen LogP contribution in [0.4, 0.5) is 5.69 Å². The van der Waals surface area contributed by atoms with Gasteiger partial charge in [-0.2, -0.15) is 0 Å². The first-order valence-electron chi connectivity index (χ1n) is 9.07. The largest absolute Gasteiger partial charge is 0.273 e. The van der Waals surface area contributed by atoms with Crippen molar-refractivity contribution in [2.75, 3.05) is 10.1 Å². The van der Waals surface area contributed by atoms with Crippen LogP contribution in [0, 0.1) is 19.3 Å². The summed E-state index contributed by atoms with van der Waals surface area (Å²) in [5.74, 6) is -0.805. The zero-order valence-corrected chi connectivity index (χ0v) is 18.4. The molecule has 2 aromatic rings. The maximum absolute atomic E-state index is 12.7. The molecule has 0 aromatic heterocycles. The van der Waals surface area contributed by atoms with Gasteiger partial charge in [0.2, 0.25) is 26.0 Å². The summed E-state index contributed by atoms with van der Waals surface area (Å²) >= 11 is 0. The number of benzene rings is 2. The minimum absolute atomic E-state index is 0.0391. The van der Waals surface area contributed by atoms with Crippen molar-refractivity contribution in [2.45, 2.75) is 39.1 Å². The maximum Gasteiger partial charge on any atom is 0.247 e. The molecule has 0 atom stereocenters. The Hall–Kier alpha value is -2.23. The van der Waals surface area contributed by atoms with E-state index in [9.17, 15) is 21.6 Å². The van der Waals surface area contributed by atoms with Crippen molar-refractivity contribution < 1.29 is 21.6 Å². The van der Waals surface area contributed by atoms with Crippen LogP contribution in [0.5, 0.6) is 0 Å². The van der Waals surface area contributed by atoms with Gasteiger partial charge in [-0.3, -0.25) is 4.79 Å². The number of rotatable bonds is 5. The van der Waals surface area contributed by atoms with Crippen LogP contribution >= 0.6 is 0 Å². The van der Waals surface area contributed by atoms with Gasteiger partial charge in [-0.15, -0.1) is 0 Å². The zero-order valence-electron chi connectivity index (χ0n) is 16.8. The highest BCUT2D eigenvalue weighted by Gasteiger charge is 2.50. The first kappa shape index (κ1) is 21.5. The third kappa shape index (κ3) is 4.22. The molecule has 1 heterocycles. The Kier molecular flexibility index (Phi) is 5.35. The van der Waals surface area contributed by atoms with Crippen molar-refractivity contribution in [1.29, 1.82) is 0 Å². The number of hydrogen-bond acceptors (Lipinski definition) is 5. The van der Waals surface area contributed by atoms with Crippen LogP contribution in [-0.2, 0) is 31.4 Å². The number of carbonyl (C=O) groups excluding carboxylic acids is 1. The van der Waals surface area contributed by atoms with Gasteiger partial charge in [0, 0.05) is 6.54 Å². The maximum atomic E-state index is 12.7. The minimum Gasteiger partial charge on any atom is -0.273 e. The average Bonchev–Trinajstić information content (AvgIpc) is 2.75. The van der Waals surface area contributed by atoms with Gasteiger partial charge in [0.1, 0.15) is 0 Å². The summed E-state index contributed by atoms with van der Waals surface area (Å²) in [5, 5.41) is 0. The third-order valence-corrected chi connectivity index (χ3v) is 8.40. The van der Waals surface area contributed by atoms with Crippen LogP contribution in [0.25, 0.3) is 0 Å². The second kappa shape index (κ2) is 7.23. The molecular weight excluding hydrogens is 412 g/mol. The van der Waals surface area contributed by atoms with Gasteiger partial charge >= 0.3 is 0 Å². The molecular formula is C20H24N2O5S2. The second-order valence-corrected chi connectivity index (χ2v) is 11.5. The highest BCUT2D eigenvalue weighted by Crippen LogP contribution is 2.36. The van der Waals surface area contributed by atoms with Crippen molar-refractivity contribution in [3.63, 3.8) is 0 Å². The number of anilines is 1. The molecule has 1 N–H and O–H groups in total. The fourth-order valence-corrected chi connectivity index (χ4v) is 6.74. The van der Waals surface area contributed by atoms with E-state index in [4.69, 9.17) is 0 Å². The fourth-order valence-electron chi connectivity index (χ4n) is 3.40. The topological polar surface area (TPSA) is 101 Å². The third-order valence-electron chi connectivity index (χ3n) is 4.82. The van der Waals surface area contributed by atoms with Crippen LogP contribution in [0.1, 0.15) is 30.5 Å². The van der Waals surface area contributed by atoms with Gasteiger partial charge in [-0.05, 0) is 57.0 Å². The van der Waals surface area contributed by atoms with Crippen molar-refractivity contribution in [3.8, 4) is 0 Å². The SMILES string of the molecule is Cc1cccc(CNS(=O)(=O)c2ccc(N3C(=O)C(C)(C)CS3(=O)=O)cc2C)c1. The van der Waals surface area contributed by atoms with Crippen LogP contribution in [0.3, 0.4) is 0 Å². The molecule has 0 spiro atoms. The second-order valence-electron chi connectivity index (χ2n) is 7.97. The highest BCUT2D eigenvalue weighted by atomic mass is 32.2. The predicted molar refractivity (Wildman–Crippen MR) is 111 cm³/mol. The molecule has 7 nitrogen and oxygen atoms in total. The molecule has 1 fully saturated rings. The van der Waals surface area contributed by atoms with E-state index in [0.29, 0.717) is 5.56 Å². The van der Waals surface area contributed by atoms with E-state index in [-0.39, 0.29) is 22.9 Å². The Balaban J connectivity index is 1.88. The monoisotopic (exact) mass is 436 g/mol. The lowest BCUT2D eigenvalue weighted by Crippen LogP contribution is -2.33. The normalized spacial score (nSPS) is 18.2. The molecule has 1 amide bonds. The molecule has 1 aliphatic rings. The van der Waals surface area contributed by atoms with Gasteiger partial charge in [-0.25, -0.2) is 25.9 Å². The molecule has 3 rings (SSSR count). The van der Waals surface area contributed by atoms with Gasteiger partial charge in [0.05, 0.1) is 21.8 Å². The molecule has 2 aromatic carbocycles. The van der Waals surface area contributed by atoms with Crippen molar-refractivity contribution in [2.24, 2.45) is 5.41 Å². The van der Waals surface area contributed by atoms with Gasteiger partial charge in [0.15, 0.2) is 0 Å². The summed E-state index contributed by atoms with van der Waals surface area (Å²) in [6, 6.07) is 11.6. The minimum atomic E-state index is -3.81. The van der Waals surface area contributed by atoms with Crippen LogP contribution in [0.2, 0.25) is 0 Å². The van der Waals surface area contributed by atoms with Crippen LogP contribution in [0.15, 0.2) is 47.4 Å². The predicted octanol–water partition coefficient (Wildman–Crippen LogP) is 2.48. The molecule has 1 aliphatic heterocycles. The molecule has 0 bridgehead atoms. The summed E-state index contributed by atoms with van der Waals surface area (Å²) in [4.78, 5) is 12.6.